The van der Waals surface area contributed by atoms with Gasteiger partial charge in [-0.25, -0.2) is 0 Å². The highest BCUT2D eigenvalue weighted by Crippen LogP contribution is 2.07. The van der Waals surface area contributed by atoms with Gasteiger partial charge in [-0.05, 0) is 19.9 Å². The molecular weight excluding hydrogens is 262 g/mol. The molecule has 0 fully saturated rings. The number of hydrogen-bond acceptors (Lipinski definition) is 6. The van der Waals surface area contributed by atoms with E-state index in [1.165, 1.54) is 7.11 Å². The van der Waals surface area contributed by atoms with Crippen molar-refractivity contribution in [3.63, 3.8) is 0 Å². The Morgan fingerprint density at radius 1 is 1.45 bits per heavy atom. The number of anilines is 1. The number of esters is 1. The number of carbonyl (C=O) groups is 2. The van der Waals surface area contributed by atoms with Crippen LogP contribution in [0, 0.1) is 6.92 Å². The van der Waals surface area contributed by atoms with Crippen molar-refractivity contribution in [2.45, 2.75) is 26.7 Å². The summed E-state index contributed by atoms with van der Waals surface area (Å²) in [5, 5.41) is 6.33. The van der Waals surface area contributed by atoms with Crippen LogP contribution in [0.25, 0.3) is 0 Å². The smallest absolute Gasteiger partial charge is 0.319 e. The van der Waals surface area contributed by atoms with E-state index in [1.54, 1.807) is 13.0 Å². The highest BCUT2D eigenvalue weighted by atomic mass is 16.5. The van der Waals surface area contributed by atoms with E-state index >= 15 is 0 Å². The van der Waals surface area contributed by atoms with Gasteiger partial charge in [-0.2, -0.15) is 0 Å². The molecule has 1 amide bonds. The Balaban J connectivity index is 2.37. The molecule has 0 aliphatic heterocycles. The molecule has 0 unspecified atom stereocenters. The number of amides is 1. The van der Waals surface area contributed by atoms with Gasteiger partial charge in [-0.15, -0.1) is 0 Å². The number of nitrogens with one attached hydrogen (secondary N) is 1. The average molecular weight is 283 g/mol. The second-order valence-electron chi connectivity index (χ2n) is 4.47. The van der Waals surface area contributed by atoms with Crippen molar-refractivity contribution in [2.75, 3.05) is 32.1 Å². The van der Waals surface area contributed by atoms with Gasteiger partial charge in [-0.1, -0.05) is 12.1 Å². The molecule has 1 aromatic heterocycles. The van der Waals surface area contributed by atoms with Crippen molar-refractivity contribution in [1.29, 1.82) is 0 Å². The minimum Gasteiger partial charge on any atom is -0.468 e. The largest absolute Gasteiger partial charge is 0.468 e. The van der Waals surface area contributed by atoms with Gasteiger partial charge in [0, 0.05) is 19.0 Å². The maximum Gasteiger partial charge on any atom is 0.319 e. The van der Waals surface area contributed by atoms with Crippen molar-refractivity contribution >= 4 is 17.7 Å². The summed E-state index contributed by atoms with van der Waals surface area (Å²) in [6.07, 6.45) is 1.18. The molecule has 0 radical (unpaired) electrons. The first-order chi connectivity index (χ1) is 9.55. The molecular formula is C13H21N3O4. The van der Waals surface area contributed by atoms with Crippen molar-refractivity contribution in [3.8, 4) is 0 Å². The molecule has 7 nitrogen and oxygen atoms in total. The topological polar surface area (TPSA) is 84.7 Å². The molecule has 1 aromatic rings. The first-order valence-electron chi connectivity index (χ1n) is 6.57. The molecule has 0 saturated carbocycles. The lowest BCUT2D eigenvalue weighted by Crippen LogP contribution is -2.34. The molecule has 0 bridgehead atoms. The van der Waals surface area contributed by atoms with Gasteiger partial charge in [0.05, 0.1) is 13.7 Å². The molecule has 0 aliphatic carbocycles. The van der Waals surface area contributed by atoms with Crippen LogP contribution in [-0.4, -0.2) is 48.7 Å². The lowest BCUT2D eigenvalue weighted by atomic mass is 10.3. The van der Waals surface area contributed by atoms with Gasteiger partial charge in [-0.3, -0.25) is 14.5 Å². The molecule has 0 spiro atoms. The van der Waals surface area contributed by atoms with E-state index in [2.05, 4.69) is 15.2 Å². The molecule has 0 aliphatic rings. The predicted octanol–water partition coefficient (Wildman–Crippen LogP) is 1.20. The summed E-state index contributed by atoms with van der Waals surface area (Å²) in [6, 6.07) is 1.65. The Morgan fingerprint density at radius 2 is 2.20 bits per heavy atom. The second-order valence-corrected chi connectivity index (χ2v) is 4.47. The Bertz CT molecular complexity index is 445. The Morgan fingerprint density at radius 3 is 2.75 bits per heavy atom. The Kier molecular flexibility index (Phi) is 6.72. The minimum atomic E-state index is -0.300. The number of aromatic nitrogens is 1. The van der Waals surface area contributed by atoms with E-state index < -0.39 is 0 Å². The maximum absolute atomic E-state index is 11.8. The zero-order chi connectivity index (χ0) is 15.0. The number of ether oxygens (including phenoxy) is 1. The highest BCUT2D eigenvalue weighted by molar-refractivity contribution is 5.89. The third kappa shape index (κ3) is 5.83. The fourth-order valence-corrected chi connectivity index (χ4v) is 1.72. The number of nitrogens with zero attached hydrogens (tertiary/aromatic N) is 2. The SMILES string of the molecule is CCCN(CCC(=O)Nc1cc(C)on1)CC(=O)OC. The summed E-state index contributed by atoms with van der Waals surface area (Å²) >= 11 is 0. The van der Waals surface area contributed by atoms with Crippen LogP contribution in [0.4, 0.5) is 5.82 Å². The van der Waals surface area contributed by atoms with Gasteiger partial charge in [0.15, 0.2) is 5.82 Å². The Labute approximate surface area is 118 Å². The van der Waals surface area contributed by atoms with Crippen LogP contribution < -0.4 is 5.32 Å². The van der Waals surface area contributed by atoms with E-state index in [0.29, 0.717) is 18.1 Å². The summed E-state index contributed by atoms with van der Waals surface area (Å²) in [7, 11) is 1.35. The first-order valence-corrected chi connectivity index (χ1v) is 6.57. The van der Waals surface area contributed by atoms with Crippen LogP contribution >= 0.6 is 0 Å². The van der Waals surface area contributed by atoms with Crippen LogP contribution in [0.15, 0.2) is 10.6 Å². The fraction of sp³-hybridized carbons (Fsp3) is 0.615. The lowest BCUT2D eigenvalue weighted by Gasteiger charge is -2.19. The molecule has 7 heteroatoms. The molecule has 1 N–H and O–H groups in total. The second kappa shape index (κ2) is 8.31. The van der Waals surface area contributed by atoms with Crippen LogP contribution in [0.1, 0.15) is 25.5 Å². The quantitative estimate of drug-likeness (QED) is 0.722. The average Bonchev–Trinajstić information content (AvgIpc) is 2.81. The zero-order valence-corrected chi connectivity index (χ0v) is 12.1. The van der Waals surface area contributed by atoms with Crippen molar-refractivity contribution in [2.24, 2.45) is 0 Å². The number of carbonyl (C=O) groups excluding carboxylic acids is 2. The first kappa shape index (κ1) is 16.2. The van der Waals surface area contributed by atoms with Gasteiger partial charge < -0.3 is 14.6 Å². The number of aryl methyl sites for hydroxylation is 1. The van der Waals surface area contributed by atoms with E-state index in [4.69, 9.17) is 4.52 Å². The van der Waals surface area contributed by atoms with Crippen molar-refractivity contribution in [1.82, 2.24) is 10.1 Å². The van der Waals surface area contributed by atoms with Crippen molar-refractivity contribution in [3.05, 3.63) is 11.8 Å². The molecule has 1 heterocycles. The van der Waals surface area contributed by atoms with Crippen LogP contribution in [-0.2, 0) is 14.3 Å². The molecule has 20 heavy (non-hydrogen) atoms. The number of methoxy groups -OCH3 is 1. The molecule has 0 atom stereocenters. The third-order valence-electron chi connectivity index (χ3n) is 2.67. The van der Waals surface area contributed by atoms with Crippen LogP contribution in [0.2, 0.25) is 0 Å². The molecule has 0 saturated heterocycles. The highest BCUT2D eigenvalue weighted by Gasteiger charge is 2.13. The molecule has 112 valence electrons. The van der Waals surface area contributed by atoms with E-state index in [0.717, 1.165) is 13.0 Å². The van der Waals surface area contributed by atoms with Gasteiger partial charge in [0.1, 0.15) is 5.76 Å². The van der Waals surface area contributed by atoms with E-state index in [9.17, 15) is 9.59 Å². The van der Waals surface area contributed by atoms with E-state index in [1.807, 2.05) is 11.8 Å². The Hall–Kier alpha value is -1.89. The summed E-state index contributed by atoms with van der Waals surface area (Å²) in [6.45, 7) is 5.20. The van der Waals surface area contributed by atoms with Crippen LogP contribution in [0.5, 0.6) is 0 Å². The predicted molar refractivity (Wildman–Crippen MR) is 73.2 cm³/mol. The van der Waals surface area contributed by atoms with E-state index in [-0.39, 0.29) is 24.8 Å². The van der Waals surface area contributed by atoms with Gasteiger partial charge >= 0.3 is 5.97 Å². The lowest BCUT2D eigenvalue weighted by molar-refractivity contribution is -0.142. The third-order valence-corrected chi connectivity index (χ3v) is 2.67. The summed E-state index contributed by atoms with van der Waals surface area (Å²) in [5.74, 6) is 0.580. The summed E-state index contributed by atoms with van der Waals surface area (Å²) < 4.78 is 9.49. The molecule has 0 aromatic carbocycles. The zero-order valence-electron chi connectivity index (χ0n) is 12.1. The number of rotatable bonds is 8. The molecule has 1 rings (SSSR count). The minimum absolute atomic E-state index is 0.163. The monoisotopic (exact) mass is 283 g/mol. The summed E-state index contributed by atoms with van der Waals surface area (Å²) in [4.78, 5) is 24.9. The summed E-state index contributed by atoms with van der Waals surface area (Å²) in [5.41, 5.74) is 0. The normalized spacial score (nSPS) is 10.6. The van der Waals surface area contributed by atoms with Gasteiger partial charge in [0.2, 0.25) is 5.91 Å². The van der Waals surface area contributed by atoms with Crippen LogP contribution in [0.3, 0.4) is 0 Å². The standard InChI is InChI=1S/C13H21N3O4/c1-4-6-16(9-13(18)19-3)7-5-12(17)14-11-8-10(2)20-15-11/h8H,4-7,9H2,1-3H3,(H,14,15,17). The van der Waals surface area contributed by atoms with Gasteiger partial charge in [0.25, 0.3) is 0 Å². The fourth-order valence-electron chi connectivity index (χ4n) is 1.72. The maximum atomic E-state index is 11.8. The number of hydrogen-bond donors (Lipinski definition) is 1. The van der Waals surface area contributed by atoms with Crippen molar-refractivity contribution < 1.29 is 18.8 Å².